The highest BCUT2D eigenvalue weighted by molar-refractivity contribution is 14.0. The van der Waals surface area contributed by atoms with Gasteiger partial charge in [-0.1, -0.05) is 19.3 Å². The highest BCUT2D eigenvalue weighted by Gasteiger charge is 2.27. The Morgan fingerprint density at radius 3 is 2.48 bits per heavy atom. The number of ether oxygens (including phenoxy) is 1. The van der Waals surface area contributed by atoms with Crippen LogP contribution >= 0.6 is 24.0 Å². The van der Waals surface area contributed by atoms with Gasteiger partial charge in [-0.15, -0.1) is 24.0 Å². The molecule has 2 heterocycles. The number of methoxy groups -OCH3 is 1. The molecule has 0 radical (unpaired) electrons. The van der Waals surface area contributed by atoms with Crippen LogP contribution in [0.3, 0.4) is 0 Å². The van der Waals surface area contributed by atoms with E-state index in [9.17, 15) is 0 Å². The lowest BCUT2D eigenvalue weighted by Crippen LogP contribution is -2.49. The van der Waals surface area contributed by atoms with E-state index in [2.05, 4.69) is 27.4 Å². The van der Waals surface area contributed by atoms with Crippen LogP contribution in [0.2, 0.25) is 0 Å². The van der Waals surface area contributed by atoms with Crippen molar-refractivity contribution in [1.82, 2.24) is 20.4 Å². The first-order valence-corrected chi connectivity index (χ1v) is 12.8. The number of nitrogens with zero attached hydrogens (tertiary/aromatic N) is 3. The summed E-state index contributed by atoms with van der Waals surface area (Å²) in [6.07, 6.45) is 13.4. The van der Waals surface area contributed by atoms with Crippen molar-refractivity contribution in [2.75, 3.05) is 59.5 Å². The minimum atomic E-state index is 0. The van der Waals surface area contributed by atoms with Gasteiger partial charge in [-0.25, -0.2) is 0 Å². The third-order valence-electron chi connectivity index (χ3n) is 7.27. The van der Waals surface area contributed by atoms with Crippen LogP contribution in [0.5, 0.6) is 0 Å². The van der Waals surface area contributed by atoms with Crippen molar-refractivity contribution in [2.24, 2.45) is 10.9 Å². The van der Waals surface area contributed by atoms with Crippen molar-refractivity contribution in [3.05, 3.63) is 0 Å². The van der Waals surface area contributed by atoms with Crippen molar-refractivity contribution in [3.63, 3.8) is 0 Å². The van der Waals surface area contributed by atoms with Crippen molar-refractivity contribution in [1.29, 1.82) is 0 Å². The van der Waals surface area contributed by atoms with Gasteiger partial charge in [0.1, 0.15) is 0 Å². The Kier molecular flexibility index (Phi) is 13.7. The number of nitrogens with one attached hydrogen (secondary N) is 2. The second-order valence-corrected chi connectivity index (χ2v) is 9.62. The Hall–Kier alpha value is -0.120. The predicted molar refractivity (Wildman–Crippen MR) is 142 cm³/mol. The summed E-state index contributed by atoms with van der Waals surface area (Å²) in [4.78, 5) is 10.4. The molecule has 0 bridgehead atoms. The van der Waals surface area contributed by atoms with Crippen LogP contribution in [0.4, 0.5) is 0 Å². The van der Waals surface area contributed by atoms with E-state index < -0.39 is 0 Å². The molecule has 7 heteroatoms. The molecule has 31 heavy (non-hydrogen) atoms. The molecule has 3 rings (SSSR count). The van der Waals surface area contributed by atoms with E-state index in [0.29, 0.717) is 12.1 Å². The first-order valence-electron chi connectivity index (χ1n) is 12.8. The van der Waals surface area contributed by atoms with Gasteiger partial charge in [0.2, 0.25) is 0 Å². The molecule has 2 N–H and O–H groups in total. The van der Waals surface area contributed by atoms with E-state index in [1.165, 1.54) is 84.0 Å². The molecule has 0 aromatic carbocycles. The number of likely N-dealkylation sites (tertiary alicyclic amines) is 2. The Balaban J connectivity index is 0.00000341. The number of hydrogen-bond acceptors (Lipinski definition) is 4. The van der Waals surface area contributed by atoms with Crippen LogP contribution in [0.25, 0.3) is 0 Å². The Morgan fingerprint density at radius 1 is 1.00 bits per heavy atom. The SMILES string of the molecule is CCNC(=NCC1CCCN1CC1CCCCC1)NC1CCN(CCCOC)CC1.I. The highest BCUT2D eigenvalue weighted by atomic mass is 127. The molecule has 0 aromatic heterocycles. The molecular weight excluding hydrogens is 501 g/mol. The first-order chi connectivity index (χ1) is 14.8. The van der Waals surface area contributed by atoms with Gasteiger partial charge >= 0.3 is 0 Å². The van der Waals surface area contributed by atoms with Crippen molar-refractivity contribution in [3.8, 4) is 0 Å². The van der Waals surface area contributed by atoms with E-state index in [1.807, 2.05) is 0 Å². The quantitative estimate of drug-likeness (QED) is 0.188. The van der Waals surface area contributed by atoms with E-state index in [4.69, 9.17) is 9.73 Å². The maximum Gasteiger partial charge on any atom is 0.191 e. The van der Waals surface area contributed by atoms with Gasteiger partial charge in [0, 0.05) is 58.5 Å². The summed E-state index contributed by atoms with van der Waals surface area (Å²) in [5.74, 6) is 1.96. The third-order valence-corrected chi connectivity index (χ3v) is 7.27. The maximum absolute atomic E-state index is 5.19. The summed E-state index contributed by atoms with van der Waals surface area (Å²) in [5.41, 5.74) is 0. The summed E-state index contributed by atoms with van der Waals surface area (Å²) in [6, 6.07) is 1.19. The topological polar surface area (TPSA) is 52.1 Å². The molecule has 1 atom stereocenters. The fraction of sp³-hybridized carbons (Fsp3) is 0.958. The van der Waals surface area contributed by atoms with Gasteiger partial charge in [0.05, 0.1) is 6.54 Å². The van der Waals surface area contributed by atoms with Crippen LogP contribution in [0, 0.1) is 5.92 Å². The van der Waals surface area contributed by atoms with Gasteiger partial charge in [0.15, 0.2) is 5.96 Å². The smallest absolute Gasteiger partial charge is 0.191 e. The fourth-order valence-electron chi connectivity index (χ4n) is 5.49. The number of guanidine groups is 1. The number of halogens is 1. The minimum Gasteiger partial charge on any atom is -0.385 e. The van der Waals surface area contributed by atoms with Gasteiger partial charge in [-0.2, -0.15) is 0 Å². The standard InChI is InChI=1S/C24H47N5O.HI/c1-3-25-24(27-22-12-16-28(17-13-22)14-8-18-30-2)26-19-23-11-7-15-29(23)20-21-9-5-4-6-10-21;/h21-23H,3-20H2,1-2H3,(H2,25,26,27);1H. The number of piperidine rings is 1. The van der Waals surface area contributed by atoms with Gasteiger partial charge in [-0.05, 0) is 64.3 Å². The summed E-state index contributed by atoms with van der Waals surface area (Å²) in [6.45, 7) is 11.0. The second-order valence-electron chi connectivity index (χ2n) is 9.62. The van der Waals surface area contributed by atoms with Gasteiger partial charge in [-0.3, -0.25) is 9.89 Å². The third kappa shape index (κ3) is 9.72. The maximum atomic E-state index is 5.19. The number of rotatable bonds is 10. The Morgan fingerprint density at radius 2 is 1.77 bits per heavy atom. The van der Waals surface area contributed by atoms with E-state index in [-0.39, 0.29) is 24.0 Å². The summed E-state index contributed by atoms with van der Waals surface area (Å²) < 4.78 is 5.19. The molecule has 1 saturated carbocycles. The summed E-state index contributed by atoms with van der Waals surface area (Å²) in [7, 11) is 1.79. The zero-order valence-electron chi connectivity index (χ0n) is 20.1. The van der Waals surface area contributed by atoms with Crippen LogP contribution in [-0.4, -0.2) is 87.4 Å². The average molecular weight is 550 g/mol. The molecule has 0 amide bonds. The molecule has 2 aliphatic heterocycles. The first kappa shape index (κ1) is 27.1. The monoisotopic (exact) mass is 549 g/mol. The largest absolute Gasteiger partial charge is 0.385 e. The van der Waals surface area contributed by atoms with Crippen molar-refractivity contribution in [2.45, 2.75) is 83.2 Å². The molecule has 1 aliphatic carbocycles. The van der Waals surface area contributed by atoms with Crippen molar-refractivity contribution >= 4 is 29.9 Å². The lowest BCUT2D eigenvalue weighted by Gasteiger charge is -2.33. The van der Waals surface area contributed by atoms with Gasteiger partial charge in [0.25, 0.3) is 0 Å². The van der Waals surface area contributed by atoms with Crippen molar-refractivity contribution < 1.29 is 4.74 Å². The molecule has 3 fully saturated rings. The lowest BCUT2D eigenvalue weighted by atomic mass is 9.89. The molecule has 3 aliphatic rings. The molecule has 6 nitrogen and oxygen atoms in total. The molecule has 0 aromatic rings. The molecule has 182 valence electrons. The summed E-state index contributed by atoms with van der Waals surface area (Å²) in [5, 5.41) is 7.23. The summed E-state index contributed by atoms with van der Waals surface area (Å²) >= 11 is 0. The number of aliphatic imine (C=N–C) groups is 1. The van der Waals surface area contributed by atoms with E-state index in [1.54, 1.807) is 7.11 Å². The normalized spacial score (nSPS) is 24.8. The minimum absolute atomic E-state index is 0. The second kappa shape index (κ2) is 15.7. The molecule has 1 unspecified atom stereocenters. The Labute approximate surface area is 208 Å². The van der Waals surface area contributed by atoms with E-state index >= 15 is 0 Å². The van der Waals surface area contributed by atoms with Crippen LogP contribution < -0.4 is 10.6 Å². The predicted octanol–water partition coefficient (Wildman–Crippen LogP) is 3.71. The zero-order chi connectivity index (χ0) is 21.0. The van der Waals surface area contributed by atoms with Crippen LogP contribution in [-0.2, 0) is 4.74 Å². The van der Waals surface area contributed by atoms with Crippen LogP contribution in [0.15, 0.2) is 4.99 Å². The molecule has 2 saturated heterocycles. The molecular formula is C24H48IN5O. The van der Waals surface area contributed by atoms with E-state index in [0.717, 1.165) is 44.5 Å². The van der Waals surface area contributed by atoms with Gasteiger partial charge < -0.3 is 20.3 Å². The average Bonchev–Trinajstić information content (AvgIpc) is 3.21. The zero-order valence-corrected chi connectivity index (χ0v) is 22.4. The van der Waals surface area contributed by atoms with Crippen LogP contribution in [0.1, 0.15) is 71.1 Å². The number of hydrogen-bond donors (Lipinski definition) is 2. The molecule has 0 spiro atoms. The Bertz CT molecular complexity index is 492. The lowest BCUT2D eigenvalue weighted by molar-refractivity contribution is 0.155. The fourth-order valence-corrected chi connectivity index (χ4v) is 5.49. The highest BCUT2D eigenvalue weighted by Crippen LogP contribution is 2.27.